The van der Waals surface area contributed by atoms with Crippen LogP contribution in [0.3, 0.4) is 0 Å². The first kappa shape index (κ1) is 19.3. The lowest BCUT2D eigenvalue weighted by Gasteiger charge is -2.36. The number of piperazine rings is 1. The Morgan fingerprint density at radius 1 is 1.00 bits per heavy atom. The lowest BCUT2D eigenvalue weighted by atomic mass is 10.0. The highest BCUT2D eigenvalue weighted by molar-refractivity contribution is 5.80. The van der Waals surface area contributed by atoms with Crippen LogP contribution in [0, 0.1) is 6.92 Å². The Morgan fingerprint density at radius 3 is 2.45 bits per heavy atom. The van der Waals surface area contributed by atoms with Crippen molar-refractivity contribution in [3.05, 3.63) is 77.6 Å². The van der Waals surface area contributed by atoms with Crippen molar-refractivity contribution in [1.82, 2.24) is 30.0 Å². The number of hydrogen-bond acceptors (Lipinski definition) is 5. The van der Waals surface area contributed by atoms with Crippen LogP contribution in [0.5, 0.6) is 0 Å². The number of rotatable bonds is 6. The van der Waals surface area contributed by atoms with Crippen molar-refractivity contribution in [3.8, 4) is 0 Å². The van der Waals surface area contributed by atoms with Gasteiger partial charge >= 0.3 is 0 Å². The van der Waals surface area contributed by atoms with Crippen LogP contribution in [0.1, 0.15) is 22.7 Å². The minimum Gasteiger partial charge on any atom is -0.338 e. The van der Waals surface area contributed by atoms with Gasteiger partial charge in [-0.3, -0.25) is 9.69 Å². The van der Waals surface area contributed by atoms with Gasteiger partial charge in [0.25, 0.3) is 0 Å². The summed E-state index contributed by atoms with van der Waals surface area (Å²) in [6, 6.07) is 18.2. The average molecular weight is 390 g/mol. The molecule has 7 nitrogen and oxygen atoms in total. The first-order chi connectivity index (χ1) is 14.2. The van der Waals surface area contributed by atoms with Crippen LogP contribution >= 0.6 is 0 Å². The highest BCUT2D eigenvalue weighted by Gasteiger charge is 2.29. The molecule has 1 aromatic heterocycles. The second-order valence-corrected chi connectivity index (χ2v) is 7.59. The number of amides is 1. The summed E-state index contributed by atoms with van der Waals surface area (Å²) in [6.45, 7) is 6.22. The summed E-state index contributed by atoms with van der Waals surface area (Å²) in [7, 11) is 0. The normalized spacial score (nSPS) is 16.0. The number of tetrazole rings is 1. The number of nitrogens with zero attached hydrogens (tertiary/aromatic N) is 6. The zero-order valence-corrected chi connectivity index (χ0v) is 16.7. The third-order valence-corrected chi connectivity index (χ3v) is 5.41. The van der Waals surface area contributed by atoms with Gasteiger partial charge in [0, 0.05) is 39.1 Å². The molecule has 0 radical (unpaired) electrons. The molecule has 1 atom stereocenters. The lowest BCUT2D eigenvalue weighted by molar-refractivity contribution is -0.137. The molecular weight excluding hydrogens is 364 g/mol. The molecule has 7 heteroatoms. The van der Waals surface area contributed by atoms with Gasteiger partial charge < -0.3 is 4.90 Å². The molecule has 29 heavy (non-hydrogen) atoms. The van der Waals surface area contributed by atoms with Gasteiger partial charge in [0.1, 0.15) is 12.4 Å². The number of carbonyl (C=O) groups excluding carboxylic acids is 1. The first-order valence-corrected chi connectivity index (χ1v) is 10.0. The van der Waals surface area contributed by atoms with E-state index in [2.05, 4.69) is 51.6 Å². The van der Waals surface area contributed by atoms with Crippen molar-refractivity contribution in [2.45, 2.75) is 25.9 Å². The van der Waals surface area contributed by atoms with E-state index in [-0.39, 0.29) is 5.91 Å². The van der Waals surface area contributed by atoms with Crippen LogP contribution in [-0.4, -0.2) is 62.1 Å². The zero-order chi connectivity index (χ0) is 20.1. The topological polar surface area (TPSA) is 67.2 Å². The molecule has 1 fully saturated rings. The molecule has 4 rings (SSSR count). The molecule has 1 saturated heterocycles. The number of aryl methyl sites for hydroxylation is 1. The monoisotopic (exact) mass is 390 g/mol. The summed E-state index contributed by atoms with van der Waals surface area (Å²) < 4.78 is 1.58. The van der Waals surface area contributed by atoms with Crippen molar-refractivity contribution in [1.29, 1.82) is 0 Å². The Balaban J connectivity index is 1.40. The SMILES string of the molecule is Cc1cccc(CN2CCN(C(=O)C(Cc3ccccc3)n3cnnn3)CC2)c1. The van der Waals surface area contributed by atoms with Crippen molar-refractivity contribution in [2.24, 2.45) is 0 Å². The van der Waals surface area contributed by atoms with Crippen LogP contribution in [-0.2, 0) is 17.8 Å². The molecule has 1 aliphatic rings. The fourth-order valence-electron chi connectivity index (χ4n) is 3.85. The van der Waals surface area contributed by atoms with E-state index in [1.54, 1.807) is 4.68 Å². The van der Waals surface area contributed by atoms with Crippen LogP contribution in [0.4, 0.5) is 0 Å². The van der Waals surface area contributed by atoms with Gasteiger partial charge in [-0.15, -0.1) is 5.10 Å². The van der Waals surface area contributed by atoms with E-state index in [4.69, 9.17) is 0 Å². The molecule has 0 N–H and O–H groups in total. The predicted molar refractivity (Wildman–Crippen MR) is 110 cm³/mol. The first-order valence-electron chi connectivity index (χ1n) is 10.0. The van der Waals surface area contributed by atoms with E-state index < -0.39 is 6.04 Å². The van der Waals surface area contributed by atoms with Crippen molar-refractivity contribution in [2.75, 3.05) is 26.2 Å². The second-order valence-electron chi connectivity index (χ2n) is 7.59. The van der Waals surface area contributed by atoms with Gasteiger partial charge in [-0.1, -0.05) is 60.2 Å². The Hall–Kier alpha value is -3.06. The van der Waals surface area contributed by atoms with E-state index in [0.29, 0.717) is 6.42 Å². The van der Waals surface area contributed by atoms with Gasteiger partial charge in [0.05, 0.1) is 0 Å². The van der Waals surface area contributed by atoms with E-state index in [0.717, 1.165) is 38.3 Å². The predicted octanol–water partition coefficient (Wildman–Crippen LogP) is 2.11. The number of hydrogen-bond donors (Lipinski definition) is 0. The zero-order valence-electron chi connectivity index (χ0n) is 16.7. The van der Waals surface area contributed by atoms with Gasteiger partial charge in [-0.2, -0.15) is 0 Å². The number of carbonyl (C=O) groups is 1. The molecule has 0 bridgehead atoms. The highest BCUT2D eigenvalue weighted by atomic mass is 16.2. The largest absolute Gasteiger partial charge is 0.338 e. The number of aromatic nitrogens is 4. The van der Waals surface area contributed by atoms with Crippen LogP contribution in [0.2, 0.25) is 0 Å². The highest BCUT2D eigenvalue weighted by Crippen LogP contribution is 2.18. The summed E-state index contributed by atoms with van der Waals surface area (Å²) in [4.78, 5) is 17.7. The van der Waals surface area contributed by atoms with E-state index in [1.807, 2.05) is 35.2 Å². The Bertz CT molecular complexity index is 919. The van der Waals surface area contributed by atoms with Gasteiger partial charge in [0.15, 0.2) is 0 Å². The van der Waals surface area contributed by atoms with E-state index in [9.17, 15) is 4.79 Å². The summed E-state index contributed by atoms with van der Waals surface area (Å²) in [5, 5.41) is 11.5. The quantitative estimate of drug-likeness (QED) is 0.645. The van der Waals surface area contributed by atoms with Crippen molar-refractivity contribution >= 4 is 5.91 Å². The van der Waals surface area contributed by atoms with Gasteiger partial charge in [-0.05, 0) is 28.5 Å². The fraction of sp³-hybridized carbons (Fsp3) is 0.364. The molecule has 150 valence electrons. The Kier molecular flexibility index (Phi) is 5.95. The van der Waals surface area contributed by atoms with Crippen LogP contribution < -0.4 is 0 Å². The molecule has 1 aliphatic heterocycles. The van der Waals surface area contributed by atoms with E-state index >= 15 is 0 Å². The van der Waals surface area contributed by atoms with Crippen molar-refractivity contribution in [3.63, 3.8) is 0 Å². The summed E-state index contributed by atoms with van der Waals surface area (Å²) in [5.41, 5.74) is 3.70. The summed E-state index contributed by atoms with van der Waals surface area (Å²) in [6.07, 6.45) is 2.10. The molecule has 3 aromatic rings. The minimum absolute atomic E-state index is 0.0800. The fourth-order valence-corrected chi connectivity index (χ4v) is 3.85. The maximum absolute atomic E-state index is 13.3. The Morgan fingerprint density at radius 2 is 1.76 bits per heavy atom. The van der Waals surface area contributed by atoms with Crippen LogP contribution in [0.15, 0.2) is 60.9 Å². The van der Waals surface area contributed by atoms with E-state index in [1.165, 1.54) is 17.5 Å². The molecule has 1 unspecified atom stereocenters. The molecular formula is C22H26N6O. The van der Waals surface area contributed by atoms with Gasteiger partial charge in [-0.25, -0.2) is 4.68 Å². The number of benzene rings is 2. The molecule has 0 spiro atoms. The average Bonchev–Trinajstić information content (AvgIpc) is 3.27. The Labute approximate surface area is 170 Å². The van der Waals surface area contributed by atoms with Crippen molar-refractivity contribution < 1.29 is 4.79 Å². The summed E-state index contributed by atoms with van der Waals surface area (Å²) >= 11 is 0. The lowest BCUT2D eigenvalue weighted by Crippen LogP contribution is -2.50. The molecule has 1 amide bonds. The second kappa shape index (κ2) is 8.96. The third-order valence-electron chi connectivity index (χ3n) is 5.41. The smallest absolute Gasteiger partial charge is 0.248 e. The minimum atomic E-state index is -0.421. The van der Waals surface area contributed by atoms with Crippen LogP contribution in [0.25, 0.3) is 0 Å². The summed E-state index contributed by atoms with van der Waals surface area (Å²) in [5.74, 6) is 0.0800. The third kappa shape index (κ3) is 4.86. The maximum atomic E-state index is 13.3. The molecule has 0 aliphatic carbocycles. The standard InChI is InChI=1S/C22H26N6O/c1-18-6-5-9-20(14-18)16-26-10-12-27(13-11-26)22(29)21(28-17-23-24-25-28)15-19-7-3-2-4-8-19/h2-9,14,17,21H,10-13,15-16H2,1H3. The molecule has 2 heterocycles. The molecule has 0 saturated carbocycles. The van der Waals surface area contributed by atoms with Gasteiger partial charge in [0.2, 0.25) is 5.91 Å². The maximum Gasteiger partial charge on any atom is 0.248 e. The molecule has 2 aromatic carbocycles.